The minimum absolute atomic E-state index is 0. The number of nitrogens with one attached hydrogen (secondary N) is 1. The van der Waals surface area contributed by atoms with Crippen LogP contribution in [0, 0.1) is 0 Å². The van der Waals surface area contributed by atoms with Crippen molar-refractivity contribution in [3.63, 3.8) is 0 Å². The van der Waals surface area contributed by atoms with Crippen molar-refractivity contribution >= 4 is 35.6 Å². The van der Waals surface area contributed by atoms with Gasteiger partial charge in [0.05, 0.1) is 13.7 Å². The lowest BCUT2D eigenvalue weighted by molar-refractivity contribution is 0.148. The molecule has 1 fully saturated rings. The van der Waals surface area contributed by atoms with Crippen molar-refractivity contribution in [1.29, 1.82) is 0 Å². The number of methoxy groups -OCH3 is 1. The third-order valence-electron chi connectivity index (χ3n) is 4.33. The second-order valence-electron chi connectivity index (χ2n) is 6.16. The standard InChI is InChI=1S/C17H29N5O.HI/c1-21(2)15-7-10-22(11-8-15)12-9-19-17(18)20-14-5-4-6-16(13-14)23-3;/h4-6,13,15H,7-12H2,1-3H3,(H3,18,19,20);1H. The molecular weight excluding hydrogens is 417 g/mol. The fourth-order valence-corrected chi connectivity index (χ4v) is 2.86. The molecule has 0 unspecified atom stereocenters. The molecule has 1 aromatic rings. The van der Waals surface area contributed by atoms with Gasteiger partial charge < -0.3 is 25.6 Å². The Labute approximate surface area is 162 Å². The van der Waals surface area contributed by atoms with Gasteiger partial charge in [0.1, 0.15) is 5.75 Å². The van der Waals surface area contributed by atoms with Crippen LogP contribution in [-0.4, -0.2) is 69.2 Å². The molecule has 1 saturated heterocycles. The molecule has 0 aromatic heterocycles. The maximum absolute atomic E-state index is 5.95. The molecule has 7 heteroatoms. The van der Waals surface area contributed by atoms with Crippen molar-refractivity contribution in [2.75, 3.05) is 52.7 Å². The van der Waals surface area contributed by atoms with Crippen molar-refractivity contribution in [2.24, 2.45) is 10.7 Å². The first-order chi connectivity index (χ1) is 11.1. The van der Waals surface area contributed by atoms with E-state index in [1.165, 1.54) is 12.8 Å². The highest BCUT2D eigenvalue weighted by Crippen LogP contribution is 2.16. The summed E-state index contributed by atoms with van der Waals surface area (Å²) in [5, 5.41) is 3.10. The van der Waals surface area contributed by atoms with Crippen LogP contribution in [0.4, 0.5) is 5.69 Å². The fraction of sp³-hybridized carbons (Fsp3) is 0.588. The second kappa shape index (κ2) is 10.7. The molecular formula is C17H30IN5O. The van der Waals surface area contributed by atoms with E-state index in [-0.39, 0.29) is 24.0 Å². The summed E-state index contributed by atoms with van der Waals surface area (Å²) in [7, 11) is 5.97. The average molecular weight is 447 g/mol. The van der Waals surface area contributed by atoms with E-state index >= 15 is 0 Å². The number of likely N-dealkylation sites (tertiary alicyclic amines) is 1. The Morgan fingerprint density at radius 2 is 2.08 bits per heavy atom. The van der Waals surface area contributed by atoms with Crippen LogP contribution in [0.2, 0.25) is 0 Å². The number of aliphatic imine (C=N–C) groups is 1. The molecule has 1 heterocycles. The highest BCUT2D eigenvalue weighted by atomic mass is 127. The van der Waals surface area contributed by atoms with E-state index in [4.69, 9.17) is 10.5 Å². The third-order valence-corrected chi connectivity index (χ3v) is 4.33. The van der Waals surface area contributed by atoms with Crippen LogP contribution >= 0.6 is 24.0 Å². The normalized spacial score (nSPS) is 16.8. The van der Waals surface area contributed by atoms with Crippen molar-refractivity contribution < 1.29 is 4.74 Å². The minimum atomic E-state index is 0. The lowest BCUT2D eigenvalue weighted by Gasteiger charge is -2.34. The largest absolute Gasteiger partial charge is 0.497 e. The molecule has 0 atom stereocenters. The van der Waals surface area contributed by atoms with Gasteiger partial charge >= 0.3 is 0 Å². The van der Waals surface area contributed by atoms with Crippen LogP contribution in [0.1, 0.15) is 12.8 Å². The lowest BCUT2D eigenvalue weighted by atomic mass is 10.0. The number of anilines is 1. The van der Waals surface area contributed by atoms with Gasteiger partial charge in [-0.1, -0.05) is 6.07 Å². The number of piperidine rings is 1. The molecule has 0 radical (unpaired) electrons. The van der Waals surface area contributed by atoms with Crippen molar-refractivity contribution in [3.8, 4) is 5.75 Å². The number of benzene rings is 1. The molecule has 24 heavy (non-hydrogen) atoms. The first-order valence-electron chi connectivity index (χ1n) is 8.18. The summed E-state index contributed by atoms with van der Waals surface area (Å²) in [5.74, 6) is 1.24. The summed E-state index contributed by atoms with van der Waals surface area (Å²) < 4.78 is 5.19. The van der Waals surface area contributed by atoms with Crippen LogP contribution in [0.25, 0.3) is 0 Å². The quantitative estimate of drug-likeness (QED) is 0.397. The van der Waals surface area contributed by atoms with Crippen LogP contribution in [0.3, 0.4) is 0 Å². The molecule has 1 aliphatic heterocycles. The third kappa shape index (κ3) is 6.82. The van der Waals surface area contributed by atoms with Gasteiger partial charge in [-0.05, 0) is 52.2 Å². The van der Waals surface area contributed by atoms with E-state index in [2.05, 4.69) is 34.2 Å². The Hall–Kier alpha value is -1.06. The molecule has 6 nitrogen and oxygen atoms in total. The first-order valence-corrected chi connectivity index (χ1v) is 8.18. The number of nitrogens with zero attached hydrogens (tertiary/aromatic N) is 3. The smallest absolute Gasteiger partial charge is 0.193 e. The molecule has 0 bridgehead atoms. The van der Waals surface area contributed by atoms with Crippen molar-refractivity contribution in [3.05, 3.63) is 24.3 Å². The number of rotatable bonds is 6. The molecule has 2 rings (SSSR count). The SMILES string of the molecule is COc1cccc(NC(N)=NCCN2CCC(N(C)C)CC2)c1.I. The highest BCUT2D eigenvalue weighted by Gasteiger charge is 2.19. The average Bonchev–Trinajstić information content (AvgIpc) is 2.55. The van der Waals surface area contributed by atoms with E-state index < -0.39 is 0 Å². The Bertz CT molecular complexity index is 515. The van der Waals surface area contributed by atoms with Gasteiger partial charge in [-0.25, -0.2) is 0 Å². The molecule has 0 spiro atoms. The maximum atomic E-state index is 5.95. The Balaban J connectivity index is 0.00000288. The van der Waals surface area contributed by atoms with Gasteiger partial charge in [-0.2, -0.15) is 0 Å². The molecule has 3 N–H and O–H groups in total. The van der Waals surface area contributed by atoms with E-state index in [0.29, 0.717) is 5.96 Å². The summed E-state index contributed by atoms with van der Waals surface area (Å²) in [6.07, 6.45) is 2.46. The van der Waals surface area contributed by atoms with Crippen LogP contribution in [0.5, 0.6) is 5.75 Å². The predicted octanol–water partition coefficient (Wildman–Crippen LogP) is 2.07. The Morgan fingerprint density at radius 1 is 1.38 bits per heavy atom. The number of hydrogen-bond donors (Lipinski definition) is 2. The van der Waals surface area contributed by atoms with Crippen LogP contribution in [0.15, 0.2) is 29.3 Å². The highest BCUT2D eigenvalue weighted by molar-refractivity contribution is 14.0. The molecule has 1 aliphatic rings. The summed E-state index contributed by atoms with van der Waals surface area (Å²) in [6, 6.07) is 8.37. The summed E-state index contributed by atoms with van der Waals surface area (Å²) >= 11 is 0. The van der Waals surface area contributed by atoms with Gasteiger partial charge in [0.15, 0.2) is 5.96 Å². The number of nitrogens with two attached hydrogens (primary N) is 1. The summed E-state index contributed by atoms with van der Waals surface area (Å²) in [6.45, 7) is 3.96. The molecule has 0 amide bonds. The Kier molecular flexibility index (Phi) is 9.38. The van der Waals surface area contributed by atoms with Crippen molar-refractivity contribution in [2.45, 2.75) is 18.9 Å². The van der Waals surface area contributed by atoms with Gasteiger partial charge in [-0.15, -0.1) is 24.0 Å². The molecule has 1 aromatic carbocycles. The molecule has 0 aliphatic carbocycles. The fourth-order valence-electron chi connectivity index (χ4n) is 2.86. The number of guanidine groups is 1. The Morgan fingerprint density at radius 3 is 2.71 bits per heavy atom. The van der Waals surface area contributed by atoms with Crippen LogP contribution < -0.4 is 15.8 Å². The monoisotopic (exact) mass is 447 g/mol. The number of ether oxygens (including phenoxy) is 1. The lowest BCUT2D eigenvalue weighted by Crippen LogP contribution is -2.42. The topological polar surface area (TPSA) is 66.1 Å². The summed E-state index contributed by atoms with van der Waals surface area (Å²) in [5.41, 5.74) is 6.83. The molecule has 0 saturated carbocycles. The van der Waals surface area contributed by atoms with Gasteiger partial charge in [0, 0.05) is 24.3 Å². The van der Waals surface area contributed by atoms with E-state index in [1.807, 2.05) is 24.3 Å². The van der Waals surface area contributed by atoms with Crippen LogP contribution in [-0.2, 0) is 0 Å². The zero-order chi connectivity index (χ0) is 16.7. The van der Waals surface area contributed by atoms with E-state index in [1.54, 1.807) is 7.11 Å². The second-order valence-corrected chi connectivity index (χ2v) is 6.16. The zero-order valence-electron chi connectivity index (χ0n) is 14.9. The summed E-state index contributed by atoms with van der Waals surface area (Å²) in [4.78, 5) is 9.20. The van der Waals surface area contributed by atoms with Crippen molar-refractivity contribution in [1.82, 2.24) is 9.80 Å². The van der Waals surface area contributed by atoms with E-state index in [0.717, 1.165) is 43.7 Å². The number of halogens is 1. The maximum Gasteiger partial charge on any atom is 0.193 e. The van der Waals surface area contributed by atoms with Gasteiger partial charge in [0.25, 0.3) is 0 Å². The van der Waals surface area contributed by atoms with Gasteiger partial charge in [0.2, 0.25) is 0 Å². The first kappa shape index (κ1) is 21.0. The van der Waals surface area contributed by atoms with E-state index in [9.17, 15) is 0 Å². The minimum Gasteiger partial charge on any atom is -0.497 e. The zero-order valence-corrected chi connectivity index (χ0v) is 17.2. The van der Waals surface area contributed by atoms with Gasteiger partial charge in [-0.3, -0.25) is 4.99 Å². The predicted molar refractivity (Wildman–Crippen MR) is 112 cm³/mol. The molecule has 136 valence electrons. The number of hydrogen-bond acceptors (Lipinski definition) is 4.